The number of anilines is 2. The first-order valence-electron chi connectivity index (χ1n) is 6.61. The largest absolute Gasteiger partial charge is 0.397 e. The van der Waals surface area contributed by atoms with Gasteiger partial charge in [-0.3, -0.25) is 4.31 Å². The molecule has 0 aromatic heterocycles. The van der Waals surface area contributed by atoms with Crippen molar-refractivity contribution >= 4 is 37.5 Å². The predicted octanol–water partition coefficient (Wildman–Crippen LogP) is 2.44. The zero-order valence-corrected chi connectivity index (χ0v) is 14.1. The van der Waals surface area contributed by atoms with Crippen molar-refractivity contribution in [3.05, 3.63) is 22.7 Å². The number of piperidine rings is 1. The van der Waals surface area contributed by atoms with E-state index in [1.54, 1.807) is 25.2 Å². The van der Waals surface area contributed by atoms with E-state index in [9.17, 15) is 8.42 Å². The first-order chi connectivity index (χ1) is 9.32. The van der Waals surface area contributed by atoms with Gasteiger partial charge in [0.25, 0.3) is 0 Å². The molecule has 1 heterocycles. The first kappa shape index (κ1) is 15.6. The molecule has 5 nitrogen and oxygen atoms in total. The second-order valence-electron chi connectivity index (χ2n) is 5.26. The van der Waals surface area contributed by atoms with Crippen LogP contribution in [-0.4, -0.2) is 32.9 Å². The van der Waals surface area contributed by atoms with Gasteiger partial charge in [-0.2, -0.15) is 12.7 Å². The van der Waals surface area contributed by atoms with Crippen molar-refractivity contribution < 1.29 is 8.42 Å². The van der Waals surface area contributed by atoms with Crippen molar-refractivity contribution in [3.63, 3.8) is 0 Å². The summed E-state index contributed by atoms with van der Waals surface area (Å²) < 4.78 is 28.9. The maximum absolute atomic E-state index is 12.6. The van der Waals surface area contributed by atoms with Crippen molar-refractivity contribution in [2.75, 3.05) is 30.2 Å². The van der Waals surface area contributed by atoms with E-state index in [-0.39, 0.29) is 0 Å². The van der Waals surface area contributed by atoms with Gasteiger partial charge in [-0.25, -0.2) is 0 Å². The lowest BCUT2D eigenvalue weighted by molar-refractivity contribution is 0.287. The summed E-state index contributed by atoms with van der Waals surface area (Å²) in [7, 11) is -1.95. The Morgan fingerprint density at radius 1 is 1.35 bits per heavy atom. The lowest BCUT2D eigenvalue weighted by Gasteiger charge is -2.33. The lowest BCUT2D eigenvalue weighted by Crippen LogP contribution is -2.45. The van der Waals surface area contributed by atoms with Gasteiger partial charge in [0.1, 0.15) is 0 Å². The Hall–Kier alpha value is -0.790. The Bertz CT molecular complexity index is 583. The molecule has 0 amide bonds. The quantitative estimate of drug-likeness (QED) is 0.840. The number of benzene rings is 1. The SMILES string of the molecule is CC1CCN(S(=O)(=O)N(C)c2ccc(Br)cc2N)CC1. The fraction of sp³-hybridized carbons (Fsp3) is 0.538. The van der Waals surface area contributed by atoms with Crippen LogP contribution in [0.3, 0.4) is 0 Å². The normalized spacial score (nSPS) is 18.1. The van der Waals surface area contributed by atoms with Crippen LogP contribution in [0.15, 0.2) is 22.7 Å². The third kappa shape index (κ3) is 3.10. The fourth-order valence-corrected chi connectivity index (χ4v) is 4.14. The number of hydrogen-bond acceptors (Lipinski definition) is 3. The van der Waals surface area contributed by atoms with E-state index in [0.29, 0.717) is 30.4 Å². The van der Waals surface area contributed by atoms with E-state index in [4.69, 9.17) is 5.73 Å². The van der Waals surface area contributed by atoms with Gasteiger partial charge in [0.2, 0.25) is 0 Å². The molecule has 1 aliphatic rings. The zero-order chi connectivity index (χ0) is 14.9. The van der Waals surface area contributed by atoms with E-state index >= 15 is 0 Å². The summed E-state index contributed by atoms with van der Waals surface area (Å²) in [6, 6.07) is 5.21. The van der Waals surface area contributed by atoms with Gasteiger partial charge in [-0.1, -0.05) is 22.9 Å². The fourth-order valence-electron chi connectivity index (χ4n) is 2.33. The van der Waals surface area contributed by atoms with Crippen LogP contribution in [0.25, 0.3) is 0 Å². The Morgan fingerprint density at radius 3 is 2.50 bits per heavy atom. The van der Waals surface area contributed by atoms with E-state index < -0.39 is 10.2 Å². The minimum Gasteiger partial charge on any atom is -0.397 e. The van der Waals surface area contributed by atoms with Gasteiger partial charge in [0.15, 0.2) is 0 Å². The molecule has 2 N–H and O–H groups in total. The van der Waals surface area contributed by atoms with Crippen LogP contribution in [0.1, 0.15) is 19.8 Å². The second-order valence-corrected chi connectivity index (χ2v) is 8.14. The Labute approximate surface area is 129 Å². The number of halogens is 1. The minimum atomic E-state index is -3.50. The van der Waals surface area contributed by atoms with Gasteiger partial charge >= 0.3 is 10.2 Å². The van der Waals surface area contributed by atoms with Crippen LogP contribution in [0.5, 0.6) is 0 Å². The highest BCUT2D eigenvalue weighted by Crippen LogP contribution is 2.29. The molecule has 20 heavy (non-hydrogen) atoms. The summed E-state index contributed by atoms with van der Waals surface area (Å²) in [6.45, 7) is 3.30. The predicted molar refractivity (Wildman–Crippen MR) is 85.8 cm³/mol. The van der Waals surface area contributed by atoms with Crippen LogP contribution in [-0.2, 0) is 10.2 Å². The Morgan fingerprint density at radius 2 is 1.95 bits per heavy atom. The summed E-state index contributed by atoms with van der Waals surface area (Å²) in [5.74, 6) is 0.588. The van der Waals surface area contributed by atoms with Crippen molar-refractivity contribution in [2.45, 2.75) is 19.8 Å². The molecule has 0 spiro atoms. The molecule has 0 unspecified atom stereocenters. The average molecular weight is 362 g/mol. The van der Waals surface area contributed by atoms with Crippen LogP contribution in [0.2, 0.25) is 0 Å². The molecule has 0 atom stereocenters. The maximum Gasteiger partial charge on any atom is 0.303 e. The van der Waals surface area contributed by atoms with Crippen molar-refractivity contribution in [2.24, 2.45) is 5.92 Å². The van der Waals surface area contributed by atoms with Gasteiger partial charge in [-0.15, -0.1) is 0 Å². The van der Waals surface area contributed by atoms with Crippen LogP contribution >= 0.6 is 15.9 Å². The maximum atomic E-state index is 12.6. The molecule has 1 aliphatic heterocycles. The third-order valence-corrected chi connectivity index (χ3v) is 6.14. The van der Waals surface area contributed by atoms with Crippen molar-refractivity contribution in [3.8, 4) is 0 Å². The highest BCUT2D eigenvalue weighted by Gasteiger charge is 2.30. The average Bonchev–Trinajstić information content (AvgIpc) is 2.38. The van der Waals surface area contributed by atoms with Crippen LogP contribution in [0, 0.1) is 5.92 Å². The first-order valence-corrected chi connectivity index (χ1v) is 8.80. The van der Waals surface area contributed by atoms with Gasteiger partial charge in [0.05, 0.1) is 11.4 Å². The number of hydrogen-bond donors (Lipinski definition) is 1. The van der Waals surface area contributed by atoms with Crippen LogP contribution < -0.4 is 10.0 Å². The Kier molecular flexibility index (Phi) is 4.61. The smallest absolute Gasteiger partial charge is 0.303 e. The highest BCUT2D eigenvalue weighted by atomic mass is 79.9. The summed E-state index contributed by atoms with van der Waals surface area (Å²) >= 11 is 3.32. The Balaban J connectivity index is 2.24. The molecule has 1 saturated heterocycles. The molecule has 1 aromatic rings. The minimum absolute atomic E-state index is 0.441. The van der Waals surface area contributed by atoms with Crippen LogP contribution in [0.4, 0.5) is 11.4 Å². The summed E-state index contributed by atoms with van der Waals surface area (Å²) in [5, 5.41) is 0. The van der Waals surface area contributed by atoms with Crippen molar-refractivity contribution in [1.82, 2.24) is 4.31 Å². The number of nitrogens with zero attached hydrogens (tertiary/aromatic N) is 2. The number of rotatable bonds is 3. The summed E-state index contributed by atoms with van der Waals surface area (Å²) in [5.41, 5.74) is 6.86. The standard InChI is InChI=1S/C13H20BrN3O2S/c1-10-5-7-17(8-6-10)20(18,19)16(2)13-4-3-11(14)9-12(13)15/h3-4,9-10H,5-8,15H2,1-2H3. The number of nitrogens with two attached hydrogens (primary N) is 1. The summed E-state index contributed by atoms with van der Waals surface area (Å²) in [6.07, 6.45) is 1.81. The molecule has 0 aliphatic carbocycles. The molecule has 1 aromatic carbocycles. The van der Waals surface area contributed by atoms with Gasteiger partial charge in [0, 0.05) is 24.6 Å². The second kappa shape index (κ2) is 5.91. The van der Waals surface area contributed by atoms with Crippen molar-refractivity contribution in [1.29, 1.82) is 0 Å². The molecule has 0 radical (unpaired) electrons. The molecule has 0 saturated carbocycles. The van der Waals surface area contributed by atoms with Gasteiger partial charge < -0.3 is 5.73 Å². The monoisotopic (exact) mass is 361 g/mol. The van der Waals surface area contributed by atoms with Gasteiger partial charge in [-0.05, 0) is 37.0 Å². The zero-order valence-electron chi connectivity index (χ0n) is 11.7. The molecule has 112 valence electrons. The van der Waals surface area contributed by atoms with E-state index in [1.807, 2.05) is 0 Å². The van der Waals surface area contributed by atoms with E-state index in [1.165, 1.54) is 8.61 Å². The molecule has 2 rings (SSSR count). The molecule has 1 fully saturated rings. The molecular weight excluding hydrogens is 342 g/mol. The lowest BCUT2D eigenvalue weighted by atomic mass is 10.0. The summed E-state index contributed by atoms with van der Waals surface area (Å²) in [4.78, 5) is 0. The highest BCUT2D eigenvalue weighted by molar-refractivity contribution is 9.10. The number of nitrogen functional groups attached to an aromatic ring is 1. The van der Waals surface area contributed by atoms with E-state index in [0.717, 1.165) is 17.3 Å². The molecule has 0 bridgehead atoms. The topological polar surface area (TPSA) is 66.6 Å². The third-order valence-electron chi connectivity index (χ3n) is 3.74. The molecule has 7 heteroatoms. The van der Waals surface area contributed by atoms with E-state index in [2.05, 4.69) is 22.9 Å². The molecular formula is C13H20BrN3O2S.